The summed E-state index contributed by atoms with van der Waals surface area (Å²) in [4.78, 5) is 11.6. The van der Waals surface area contributed by atoms with Gasteiger partial charge in [0.25, 0.3) is 0 Å². The fourth-order valence-corrected chi connectivity index (χ4v) is 2.39. The molecule has 0 aromatic rings. The number of hydrogen-bond acceptors (Lipinski definition) is 5. The maximum atomic E-state index is 11.6. The molecule has 5 nitrogen and oxygen atoms in total. The summed E-state index contributed by atoms with van der Waals surface area (Å²) in [6.45, 7) is 5.58. The van der Waals surface area contributed by atoms with Crippen LogP contribution in [0.25, 0.3) is 0 Å². The van der Waals surface area contributed by atoms with Crippen molar-refractivity contribution >= 4 is 5.97 Å². The number of ether oxygens (including phenoxy) is 3. The molecule has 0 aliphatic carbocycles. The van der Waals surface area contributed by atoms with Gasteiger partial charge in [0.15, 0.2) is 5.79 Å². The zero-order chi connectivity index (χ0) is 15.2. The van der Waals surface area contributed by atoms with Crippen LogP contribution >= 0.6 is 0 Å². The first kappa shape index (κ1) is 17.1. The molecule has 0 spiro atoms. The van der Waals surface area contributed by atoms with E-state index in [9.17, 15) is 9.90 Å². The van der Waals surface area contributed by atoms with Gasteiger partial charge in [-0.3, -0.25) is 4.79 Å². The fourth-order valence-electron chi connectivity index (χ4n) is 2.39. The molecule has 0 bridgehead atoms. The molecule has 1 rings (SSSR count). The number of carbonyl (C=O) groups is 1. The molecule has 1 fully saturated rings. The number of methoxy groups -OCH3 is 1. The van der Waals surface area contributed by atoms with Gasteiger partial charge < -0.3 is 19.3 Å². The van der Waals surface area contributed by atoms with Crippen molar-refractivity contribution in [2.45, 2.75) is 58.0 Å². The normalized spacial score (nSPS) is 26.9. The Morgan fingerprint density at radius 3 is 2.70 bits per heavy atom. The lowest BCUT2D eigenvalue weighted by Crippen LogP contribution is -2.24. The number of carbonyl (C=O) groups excluding carboxylic acids is 1. The standard InChI is InChI=1S/C15H26O5/c1-5-7-11(14(17)18-4)8-6-9-12-13(10-16)20-15(2,3)19-12/h6,9,11-13,16H,5,7-8,10H2,1-4H3/b9-6+. The van der Waals surface area contributed by atoms with E-state index >= 15 is 0 Å². The molecule has 0 aromatic heterocycles. The van der Waals surface area contributed by atoms with Crippen LogP contribution in [0.4, 0.5) is 0 Å². The molecule has 1 aliphatic heterocycles. The maximum Gasteiger partial charge on any atom is 0.308 e. The maximum absolute atomic E-state index is 11.6. The van der Waals surface area contributed by atoms with Crippen molar-refractivity contribution in [3.8, 4) is 0 Å². The Bertz CT molecular complexity index is 337. The van der Waals surface area contributed by atoms with E-state index in [0.717, 1.165) is 12.8 Å². The van der Waals surface area contributed by atoms with E-state index < -0.39 is 5.79 Å². The number of allylic oxidation sites excluding steroid dienone is 1. The van der Waals surface area contributed by atoms with Gasteiger partial charge in [-0.2, -0.15) is 0 Å². The van der Waals surface area contributed by atoms with E-state index in [1.54, 1.807) is 0 Å². The average Bonchev–Trinajstić information content (AvgIpc) is 2.71. The van der Waals surface area contributed by atoms with Crippen LogP contribution in [0.1, 0.15) is 40.0 Å². The number of aliphatic hydroxyl groups is 1. The minimum Gasteiger partial charge on any atom is -0.469 e. The molecule has 1 N–H and O–H groups in total. The quantitative estimate of drug-likeness (QED) is 0.573. The lowest BCUT2D eigenvalue weighted by Gasteiger charge is -2.16. The zero-order valence-electron chi connectivity index (χ0n) is 12.8. The topological polar surface area (TPSA) is 65.0 Å². The smallest absolute Gasteiger partial charge is 0.308 e. The van der Waals surface area contributed by atoms with Gasteiger partial charge in [-0.1, -0.05) is 25.5 Å². The first-order valence-corrected chi connectivity index (χ1v) is 7.14. The van der Waals surface area contributed by atoms with Crippen molar-refractivity contribution in [3.63, 3.8) is 0 Å². The number of aliphatic hydroxyl groups excluding tert-OH is 1. The van der Waals surface area contributed by atoms with Gasteiger partial charge in [0.05, 0.1) is 19.6 Å². The molecule has 20 heavy (non-hydrogen) atoms. The summed E-state index contributed by atoms with van der Waals surface area (Å²) < 4.78 is 16.1. The van der Waals surface area contributed by atoms with Crippen LogP contribution in [-0.4, -0.2) is 42.8 Å². The van der Waals surface area contributed by atoms with Gasteiger partial charge in [0.2, 0.25) is 0 Å². The molecule has 3 atom stereocenters. The van der Waals surface area contributed by atoms with E-state index in [1.807, 2.05) is 32.9 Å². The Labute approximate surface area is 120 Å². The third-order valence-corrected chi connectivity index (χ3v) is 3.32. The Hall–Kier alpha value is -0.910. The van der Waals surface area contributed by atoms with Crippen LogP contribution in [-0.2, 0) is 19.0 Å². The van der Waals surface area contributed by atoms with Crippen molar-refractivity contribution in [2.24, 2.45) is 5.92 Å². The van der Waals surface area contributed by atoms with Crippen LogP contribution in [0, 0.1) is 5.92 Å². The minimum atomic E-state index is -0.687. The van der Waals surface area contributed by atoms with Crippen LogP contribution in [0.15, 0.2) is 12.2 Å². The van der Waals surface area contributed by atoms with Gasteiger partial charge in [-0.25, -0.2) is 0 Å². The zero-order valence-corrected chi connectivity index (χ0v) is 12.8. The van der Waals surface area contributed by atoms with E-state index in [2.05, 4.69) is 0 Å². The lowest BCUT2D eigenvalue weighted by atomic mass is 9.99. The lowest BCUT2D eigenvalue weighted by molar-refractivity contribution is -0.147. The van der Waals surface area contributed by atoms with Crippen LogP contribution in [0.3, 0.4) is 0 Å². The van der Waals surface area contributed by atoms with Crippen molar-refractivity contribution in [1.29, 1.82) is 0 Å². The number of hydrogen-bond donors (Lipinski definition) is 1. The summed E-state index contributed by atoms with van der Waals surface area (Å²) in [7, 11) is 1.41. The molecule has 5 heteroatoms. The van der Waals surface area contributed by atoms with E-state index in [-0.39, 0.29) is 30.7 Å². The highest BCUT2D eigenvalue weighted by molar-refractivity contribution is 5.72. The summed E-state index contributed by atoms with van der Waals surface area (Å²) in [5.74, 6) is -0.989. The molecule has 1 aliphatic rings. The second kappa shape index (κ2) is 7.76. The molecule has 0 aromatic carbocycles. The third-order valence-electron chi connectivity index (χ3n) is 3.32. The van der Waals surface area contributed by atoms with Crippen molar-refractivity contribution in [2.75, 3.05) is 13.7 Å². The molecule has 0 radical (unpaired) electrons. The molecule has 3 unspecified atom stereocenters. The summed E-state index contributed by atoms with van der Waals surface area (Å²) in [5, 5.41) is 9.27. The second-order valence-corrected chi connectivity index (χ2v) is 5.49. The first-order valence-electron chi connectivity index (χ1n) is 7.14. The highest BCUT2D eigenvalue weighted by atomic mass is 16.8. The van der Waals surface area contributed by atoms with Crippen molar-refractivity contribution in [1.82, 2.24) is 0 Å². The number of esters is 1. The van der Waals surface area contributed by atoms with Gasteiger partial charge >= 0.3 is 5.97 Å². The predicted octanol–water partition coefficient (Wildman–Crippen LogP) is 2.03. The molecular weight excluding hydrogens is 260 g/mol. The van der Waals surface area contributed by atoms with E-state index in [1.165, 1.54) is 7.11 Å². The van der Waals surface area contributed by atoms with E-state index in [0.29, 0.717) is 6.42 Å². The van der Waals surface area contributed by atoms with Crippen LogP contribution in [0.2, 0.25) is 0 Å². The largest absolute Gasteiger partial charge is 0.469 e. The highest BCUT2D eigenvalue weighted by Gasteiger charge is 2.39. The van der Waals surface area contributed by atoms with Gasteiger partial charge in [-0.15, -0.1) is 0 Å². The molecule has 116 valence electrons. The highest BCUT2D eigenvalue weighted by Crippen LogP contribution is 2.29. The predicted molar refractivity (Wildman–Crippen MR) is 75.1 cm³/mol. The summed E-state index contributed by atoms with van der Waals surface area (Å²) in [6, 6.07) is 0. The molecule has 0 saturated carbocycles. The minimum absolute atomic E-state index is 0.0895. The van der Waals surface area contributed by atoms with E-state index in [4.69, 9.17) is 14.2 Å². The van der Waals surface area contributed by atoms with Gasteiger partial charge in [-0.05, 0) is 26.7 Å². The fraction of sp³-hybridized carbons (Fsp3) is 0.800. The monoisotopic (exact) mass is 286 g/mol. The summed E-state index contributed by atoms with van der Waals surface area (Å²) in [6.07, 6.45) is 5.48. The summed E-state index contributed by atoms with van der Waals surface area (Å²) >= 11 is 0. The molecule has 0 amide bonds. The van der Waals surface area contributed by atoms with Crippen molar-refractivity contribution < 1.29 is 24.1 Å². The Morgan fingerprint density at radius 2 is 2.15 bits per heavy atom. The molecule has 1 heterocycles. The van der Waals surface area contributed by atoms with Crippen LogP contribution in [0.5, 0.6) is 0 Å². The summed E-state index contributed by atoms with van der Waals surface area (Å²) in [5.41, 5.74) is 0. The molecule has 1 saturated heterocycles. The third kappa shape index (κ3) is 4.89. The SMILES string of the molecule is CCCC(C/C=C/C1OC(C)(C)OC1CO)C(=O)OC. The van der Waals surface area contributed by atoms with Crippen LogP contribution < -0.4 is 0 Å². The molecular formula is C15H26O5. The Morgan fingerprint density at radius 1 is 1.45 bits per heavy atom. The average molecular weight is 286 g/mol. The van der Waals surface area contributed by atoms with Gasteiger partial charge in [0, 0.05) is 0 Å². The Kier molecular flexibility index (Phi) is 6.65. The van der Waals surface area contributed by atoms with Crippen molar-refractivity contribution in [3.05, 3.63) is 12.2 Å². The first-order chi connectivity index (χ1) is 9.43. The Balaban J connectivity index is 2.56. The van der Waals surface area contributed by atoms with Gasteiger partial charge in [0.1, 0.15) is 12.2 Å². The second-order valence-electron chi connectivity index (χ2n) is 5.49. The number of rotatable bonds is 7.